The number of ketones is 1. The van der Waals surface area contributed by atoms with Crippen LogP contribution in [0.25, 0.3) is 0 Å². The first kappa shape index (κ1) is 9.72. The topological polar surface area (TPSA) is 17.1 Å². The Morgan fingerprint density at radius 3 is 2.71 bits per heavy atom. The number of aryl methyl sites for hydroxylation is 1. The Morgan fingerprint density at radius 1 is 1.43 bits per heavy atom. The molecule has 0 saturated heterocycles. The van der Waals surface area contributed by atoms with Gasteiger partial charge in [-0.3, -0.25) is 4.79 Å². The minimum atomic E-state index is 0.234. The van der Waals surface area contributed by atoms with E-state index in [1.54, 1.807) is 6.07 Å². The van der Waals surface area contributed by atoms with Gasteiger partial charge < -0.3 is 0 Å². The Morgan fingerprint density at radius 2 is 2.14 bits per heavy atom. The van der Waals surface area contributed by atoms with E-state index in [9.17, 15) is 4.79 Å². The van der Waals surface area contributed by atoms with Crippen molar-refractivity contribution in [2.24, 2.45) is 5.92 Å². The highest BCUT2D eigenvalue weighted by molar-refractivity contribution is 6.31. The second kappa shape index (κ2) is 3.74. The van der Waals surface area contributed by atoms with Crippen molar-refractivity contribution < 1.29 is 4.79 Å². The predicted molar refractivity (Wildman–Crippen MR) is 57.9 cm³/mol. The molecule has 0 amide bonds. The molecule has 1 saturated carbocycles. The van der Waals surface area contributed by atoms with Crippen molar-refractivity contribution in [3.05, 3.63) is 34.3 Å². The zero-order valence-electron chi connectivity index (χ0n) is 8.22. The van der Waals surface area contributed by atoms with E-state index in [0.717, 1.165) is 11.1 Å². The Balaban J connectivity index is 2.17. The largest absolute Gasteiger partial charge is 0.294 e. The fraction of sp³-hybridized carbons (Fsp3) is 0.417. The molecule has 2 heteroatoms. The Hall–Kier alpha value is -0.820. The highest BCUT2D eigenvalue weighted by Crippen LogP contribution is 2.33. The fourth-order valence-corrected chi connectivity index (χ4v) is 1.89. The van der Waals surface area contributed by atoms with Crippen LogP contribution in [0.4, 0.5) is 0 Å². The molecule has 0 atom stereocenters. The highest BCUT2D eigenvalue weighted by Gasteiger charge is 2.24. The van der Waals surface area contributed by atoms with Crippen molar-refractivity contribution in [2.75, 3.05) is 0 Å². The molecular weight excluding hydrogens is 196 g/mol. The van der Waals surface area contributed by atoms with E-state index in [1.807, 2.05) is 19.1 Å². The number of halogens is 1. The van der Waals surface area contributed by atoms with Gasteiger partial charge >= 0.3 is 0 Å². The smallest absolute Gasteiger partial charge is 0.163 e. The first-order chi connectivity index (χ1) is 6.65. The summed E-state index contributed by atoms with van der Waals surface area (Å²) in [4.78, 5) is 11.7. The van der Waals surface area contributed by atoms with Crippen molar-refractivity contribution in [1.29, 1.82) is 0 Å². The molecule has 1 aromatic carbocycles. The molecule has 0 aromatic heterocycles. The second-order valence-corrected chi connectivity index (χ2v) is 4.52. The number of Topliss-reactive ketones (excluding diaryl/α,β-unsaturated/α-hetero) is 1. The van der Waals surface area contributed by atoms with Crippen LogP contribution in [-0.2, 0) is 0 Å². The molecule has 0 spiro atoms. The van der Waals surface area contributed by atoms with Crippen LogP contribution < -0.4 is 0 Å². The van der Waals surface area contributed by atoms with Crippen LogP contribution in [0.5, 0.6) is 0 Å². The van der Waals surface area contributed by atoms with Gasteiger partial charge in [-0.1, -0.05) is 11.6 Å². The molecule has 74 valence electrons. The lowest BCUT2D eigenvalue weighted by atomic mass is 10.0. The van der Waals surface area contributed by atoms with Crippen molar-refractivity contribution >= 4 is 17.4 Å². The average molecular weight is 209 g/mol. The quantitative estimate of drug-likeness (QED) is 0.694. The van der Waals surface area contributed by atoms with E-state index in [0.29, 0.717) is 17.4 Å². The zero-order valence-corrected chi connectivity index (χ0v) is 8.97. The van der Waals surface area contributed by atoms with Crippen LogP contribution in [0.15, 0.2) is 18.2 Å². The minimum absolute atomic E-state index is 0.234. The summed E-state index contributed by atoms with van der Waals surface area (Å²) in [5.74, 6) is 0.875. The molecule has 1 aromatic rings. The molecule has 14 heavy (non-hydrogen) atoms. The second-order valence-electron chi connectivity index (χ2n) is 4.09. The fourth-order valence-electron chi connectivity index (χ4n) is 1.60. The van der Waals surface area contributed by atoms with Gasteiger partial charge in [0.15, 0.2) is 5.78 Å². The molecule has 2 rings (SSSR count). The molecule has 0 radical (unpaired) electrons. The van der Waals surface area contributed by atoms with E-state index in [-0.39, 0.29) is 5.78 Å². The summed E-state index contributed by atoms with van der Waals surface area (Å²) in [6.07, 6.45) is 3.12. The highest BCUT2D eigenvalue weighted by atomic mass is 35.5. The summed E-state index contributed by atoms with van der Waals surface area (Å²) in [5.41, 5.74) is 1.82. The van der Waals surface area contributed by atoms with E-state index in [1.165, 1.54) is 12.8 Å². The van der Waals surface area contributed by atoms with Gasteiger partial charge in [-0.15, -0.1) is 0 Å². The van der Waals surface area contributed by atoms with Crippen molar-refractivity contribution in [3.8, 4) is 0 Å². The van der Waals surface area contributed by atoms with Gasteiger partial charge in [0, 0.05) is 17.0 Å². The summed E-state index contributed by atoms with van der Waals surface area (Å²) < 4.78 is 0. The molecule has 0 unspecified atom stereocenters. The number of hydrogen-bond donors (Lipinski definition) is 0. The summed E-state index contributed by atoms with van der Waals surface area (Å²) in [6, 6.07) is 5.55. The monoisotopic (exact) mass is 208 g/mol. The average Bonchev–Trinajstić information content (AvgIpc) is 2.86. The maximum atomic E-state index is 11.7. The van der Waals surface area contributed by atoms with Crippen LogP contribution in [0.2, 0.25) is 5.02 Å². The number of hydrogen-bond acceptors (Lipinski definition) is 1. The van der Waals surface area contributed by atoms with Gasteiger partial charge in [0.2, 0.25) is 0 Å². The number of benzene rings is 1. The molecule has 0 heterocycles. The maximum Gasteiger partial charge on any atom is 0.163 e. The van der Waals surface area contributed by atoms with Crippen molar-refractivity contribution in [2.45, 2.75) is 26.2 Å². The summed E-state index contributed by atoms with van der Waals surface area (Å²) in [6.45, 7) is 1.96. The van der Waals surface area contributed by atoms with E-state index in [2.05, 4.69) is 0 Å². The first-order valence-electron chi connectivity index (χ1n) is 4.95. The zero-order chi connectivity index (χ0) is 10.1. The molecule has 0 bridgehead atoms. The Bertz CT molecular complexity index is 346. The minimum Gasteiger partial charge on any atom is -0.294 e. The lowest BCUT2D eigenvalue weighted by molar-refractivity contribution is 0.0976. The molecular formula is C12H13ClO. The summed E-state index contributed by atoms with van der Waals surface area (Å²) >= 11 is 5.89. The van der Waals surface area contributed by atoms with Crippen LogP contribution in [-0.4, -0.2) is 5.78 Å². The van der Waals surface area contributed by atoms with Crippen LogP contribution in [0, 0.1) is 12.8 Å². The van der Waals surface area contributed by atoms with Gasteiger partial charge in [-0.25, -0.2) is 0 Å². The molecule has 1 aliphatic rings. The standard InChI is InChI=1S/C12H13ClO/c1-8-4-10(7-11(13)5-8)12(14)6-9-2-3-9/h4-5,7,9H,2-3,6H2,1H3. The van der Waals surface area contributed by atoms with Gasteiger partial charge in [0.05, 0.1) is 0 Å². The van der Waals surface area contributed by atoms with Gasteiger partial charge in [0.25, 0.3) is 0 Å². The lowest BCUT2D eigenvalue weighted by Crippen LogP contribution is -2.00. The molecule has 0 N–H and O–H groups in total. The van der Waals surface area contributed by atoms with Crippen LogP contribution in [0.3, 0.4) is 0 Å². The van der Waals surface area contributed by atoms with Crippen molar-refractivity contribution in [1.82, 2.24) is 0 Å². The molecule has 1 fully saturated rings. The molecule has 1 aliphatic carbocycles. The normalized spacial score (nSPS) is 15.6. The summed E-state index contributed by atoms with van der Waals surface area (Å²) in [5, 5.41) is 0.657. The van der Waals surface area contributed by atoms with E-state index >= 15 is 0 Å². The van der Waals surface area contributed by atoms with Crippen LogP contribution >= 0.6 is 11.6 Å². The van der Waals surface area contributed by atoms with Crippen molar-refractivity contribution in [3.63, 3.8) is 0 Å². The molecule has 1 nitrogen and oxygen atoms in total. The predicted octanol–water partition coefficient (Wildman–Crippen LogP) is 3.63. The van der Waals surface area contributed by atoms with E-state index in [4.69, 9.17) is 11.6 Å². The van der Waals surface area contributed by atoms with Gasteiger partial charge in [-0.05, 0) is 49.4 Å². The SMILES string of the molecule is Cc1cc(Cl)cc(C(=O)CC2CC2)c1. The van der Waals surface area contributed by atoms with Gasteiger partial charge in [0.1, 0.15) is 0 Å². The molecule has 0 aliphatic heterocycles. The summed E-state index contributed by atoms with van der Waals surface area (Å²) in [7, 11) is 0. The third-order valence-electron chi connectivity index (χ3n) is 2.54. The maximum absolute atomic E-state index is 11.7. The lowest BCUT2D eigenvalue weighted by Gasteiger charge is -2.02. The third-order valence-corrected chi connectivity index (χ3v) is 2.75. The third kappa shape index (κ3) is 2.36. The van der Waals surface area contributed by atoms with Gasteiger partial charge in [-0.2, -0.15) is 0 Å². The Labute approximate surface area is 89.1 Å². The number of carbonyl (C=O) groups is 1. The number of rotatable bonds is 3. The van der Waals surface area contributed by atoms with Crippen LogP contribution in [0.1, 0.15) is 35.2 Å². The van der Waals surface area contributed by atoms with E-state index < -0.39 is 0 Å². The number of carbonyl (C=O) groups excluding carboxylic acids is 1. The first-order valence-corrected chi connectivity index (χ1v) is 5.33. The Kier molecular flexibility index (Phi) is 2.60.